The van der Waals surface area contributed by atoms with Crippen LogP contribution in [0.4, 0.5) is 27.8 Å². The highest BCUT2D eigenvalue weighted by molar-refractivity contribution is 5.85. The number of anilines is 1. The number of nitrogens with zero attached hydrogens (tertiary/aromatic N) is 5. The summed E-state index contributed by atoms with van der Waals surface area (Å²) in [6, 6.07) is 0.923. The molecule has 3 aliphatic rings. The standard InChI is InChI=1S/C28H34F5N5O2/c1-15-13-19(39)24-20(15)25(35-14-34-24)37-9-11-38(12-10-37)26(40)21(18-7-8-27(2,3)36(18)4)16-5-6-17(28(31,32)33)23(30)22(16)29/h5-6,14-15,18-19,21,39H,7-13H2,1-4H3/t15-,18+,19-,21+/m1/s1. The SMILES string of the molecule is C[C@@H]1C[C@@H](O)c2ncnc(N3CCN(C(=O)[C@@H](c4ccc(C(F)(F)F)c(F)c4F)[C@@H]4CCC(C)(C)N4C)CC3)c21. The number of piperazine rings is 1. The first-order valence-electron chi connectivity index (χ1n) is 13.6. The number of rotatable bonds is 4. The van der Waals surface area contributed by atoms with Gasteiger partial charge >= 0.3 is 6.18 Å². The van der Waals surface area contributed by atoms with Gasteiger partial charge in [0.2, 0.25) is 5.91 Å². The Morgan fingerprint density at radius 3 is 2.38 bits per heavy atom. The Morgan fingerprint density at radius 2 is 1.77 bits per heavy atom. The minimum absolute atomic E-state index is 0.0732. The Morgan fingerprint density at radius 1 is 1.10 bits per heavy atom. The Balaban J connectivity index is 1.43. The third kappa shape index (κ3) is 4.82. The molecule has 2 saturated heterocycles. The van der Waals surface area contributed by atoms with Crippen LogP contribution in [0.3, 0.4) is 0 Å². The Kier molecular flexibility index (Phi) is 7.31. The lowest BCUT2D eigenvalue weighted by Gasteiger charge is -2.41. The van der Waals surface area contributed by atoms with Crippen LogP contribution in [-0.4, -0.2) is 75.6 Å². The smallest absolute Gasteiger partial charge is 0.387 e. The molecule has 2 aliphatic heterocycles. The van der Waals surface area contributed by atoms with Crippen LogP contribution in [0.15, 0.2) is 18.5 Å². The maximum atomic E-state index is 15.3. The number of halogens is 5. The predicted molar refractivity (Wildman–Crippen MR) is 138 cm³/mol. The van der Waals surface area contributed by atoms with E-state index in [1.807, 2.05) is 30.6 Å². The summed E-state index contributed by atoms with van der Waals surface area (Å²) in [7, 11) is 1.81. The van der Waals surface area contributed by atoms with E-state index >= 15 is 4.39 Å². The average molecular weight is 568 g/mol. The van der Waals surface area contributed by atoms with Gasteiger partial charge in [-0.2, -0.15) is 13.2 Å². The fraction of sp³-hybridized carbons (Fsp3) is 0.607. The molecule has 1 N–H and O–H groups in total. The van der Waals surface area contributed by atoms with Gasteiger partial charge < -0.3 is 14.9 Å². The highest BCUT2D eigenvalue weighted by Gasteiger charge is 2.47. The van der Waals surface area contributed by atoms with Crippen molar-refractivity contribution in [3.63, 3.8) is 0 Å². The maximum absolute atomic E-state index is 15.3. The molecule has 1 amide bonds. The highest BCUT2D eigenvalue weighted by Crippen LogP contribution is 2.44. The molecular formula is C28H34F5N5O2. The summed E-state index contributed by atoms with van der Waals surface area (Å²) in [5, 5.41) is 10.3. The van der Waals surface area contributed by atoms with Crippen molar-refractivity contribution >= 4 is 11.7 Å². The number of aliphatic hydroxyl groups is 1. The lowest BCUT2D eigenvalue weighted by atomic mass is 9.87. The minimum atomic E-state index is -5.06. The van der Waals surface area contributed by atoms with Gasteiger partial charge in [0.25, 0.3) is 0 Å². The molecule has 2 fully saturated rings. The fourth-order valence-corrected chi connectivity index (χ4v) is 6.53. The molecular weight excluding hydrogens is 533 g/mol. The molecule has 7 nitrogen and oxygen atoms in total. The van der Waals surface area contributed by atoms with Gasteiger partial charge in [-0.3, -0.25) is 9.69 Å². The normalized spacial score (nSPS) is 25.8. The van der Waals surface area contributed by atoms with E-state index in [-0.39, 0.29) is 30.1 Å². The van der Waals surface area contributed by atoms with Crippen LogP contribution in [0.5, 0.6) is 0 Å². The number of amides is 1. The molecule has 40 heavy (non-hydrogen) atoms. The van der Waals surface area contributed by atoms with Crippen LogP contribution in [0.1, 0.15) is 80.4 Å². The number of benzene rings is 1. The topological polar surface area (TPSA) is 72.8 Å². The molecule has 5 rings (SSSR count). The number of hydrogen-bond donors (Lipinski definition) is 1. The molecule has 12 heteroatoms. The molecule has 0 radical (unpaired) electrons. The molecule has 3 heterocycles. The second-order valence-corrected chi connectivity index (χ2v) is 11.8. The summed E-state index contributed by atoms with van der Waals surface area (Å²) in [4.78, 5) is 28.3. The quantitative estimate of drug-likeness (QED) is 0.544. The van der Waals surface area contributed by atoms with Crippen LogP contribution >= 0.6 is 0 Å². The van der Waals surface area contributed by atoms with Crippen LogP contribution in [0.25, 0.3) is 0 Å². The van der Waals surface area contributed by atoms with Gasteiger partial charge in [0.05, 0.1) is 23.3 Å². The first-order valence-corrected chi connectivity index (χ1v) is 13.6. The Bertz CT molecular complexity index is 1290. The third-order valence-electron chi connectivity index (χ3n) is 9.08. The molecule has 0 bridgehead atoms. The van der Waals surface area contributed by atoms with E-state index in [1.54, 1.807) is 11.9 Å². The molecule has 0 saturated carbocycles. The highest BCUT2D eigenvalue weighted by atomic mass is 19.4. The molecule has 1 aromatic heterocycles. The molecule has 0 spiro atoms. The molecule has 1 aliphatic carbocycles. The second-order valence-electron chi connectivity index (χ2n) is 11.8. The van der Waals surface area contributed by atoms with Crippen molar-refractivity contribution in [3.05, 3.63) is 52.5 Å². The van der Waals surface area contributed by atoms with Crippen molar-refractivity contribution < 1.29 is 31.9 Å². The second kappa shape index (κ2) is 10.2. The summed E-state index contributed by atoms with van der Waals surface area (Å²) >= 11 is 0. The van der Waals surface area contributed by atoms with E-state index in [0.717, 1.165) is 11.6 Å². The van der Waals surface area contributed by atoms with Crippen LogP contribution in [0.2, 0.25) is 0 Å². The van der Waals surface area contributed by atoms with Crippen LogP contribution < -0.4 is 4.90 Å². The lowest BCUT2D eigenvalue weighted by Crippen LogP contribution is -2.53. The largest absolute Gasteiger partial charge is 0.419 e. The zero-order chi connectivity index (χ0) is 29.1. The number of carbonyl (C=O) groups is 1. The van der Waals surface area contributed by atoms with E-state index < -0.39 is 47.3 Å². The molecule has 0 unspecified atom stereocenters. The number of alkyl halides is 3. The average Bonchev–Trinajstić information content (AvgIpc) is 3.34. The summed E-state index contributed by atoms with van der Waals surface area (Å²) in [6.45, 7) is 7.35. The zero-order valence-electron chi connectivity index (χ0n) is 23.0. The number of aromatic nitrogens is 2. The van der Waals surface area contributed by atoms with Crippen LogP contribution in [0, 0.1) is 11.6 Å². The molecule has 4 atom stereocenters. The first-order chi connectivity index (χ1) is 18.7. The number of fused-ring (bicyclic) bond motifs is 1. The lowest BCUT2D eigenvalue weighted by molar-refractivity contribution is -0.140. The third-order valence-corrected chi connectivity index (χ3v) is 9.08. The number of hydrogen-bond acceptors (Lipinski definition) is 6. The van der Waals surface area contributed by atoms with Crippen LogP contribution in [-0.2, 0) is 11.0 Å². The Hall–Kier alpha value is -2.86. The van der Waals surface area contributed by atoms with Gasteiger partial charge in [-0.1, -0.05) is 13.0 Å². The molecule has 218 valence electrons. The van der Waals surface area contributed by atoms with Gasteiger partial charge in [-0.15, -0.1) is 0 Å². The van der Waals surface area contributed by atoms with Crippen molar-refractivity contribution in [2.24, 2.45) is 0 Å². The summed E-state index contributed by atoms with van der Waals surface area (Å²) < 4.78 is 69.8. The van der Waals surface area contributed by atoms with Gasteiger partial charge in [0.15, 0.2) is 11.6 Å². The van der Waals surface area contributed by atoms with Crippen molar-refractivity contribution in [1.82, 2.24) is 19.8 Å². The van der Waals surface area contributed by atoms with E-state index in [4.69, 9.17) is 0 Å². The van der Waals surface area contributed by atoms with Crippen molar-refractivity contribution in [1.29, 1.82) is 0 Å². The van der Waals surface area contributed by atoms with E-state index in [2.05, 4.69) is 9.97 Å². The maximum Gasteiger partial charge on any atom is 0.419 e. The van der Waals surface area contributed by atoms with E-state index in [9.17, 15) is 27.5 Å². The van der Waals surface area contributed by atoms with Crippen molar-refractivity contribution in [2.75, 3.05) is 38.1 Å². The zero-order valence-corrected chi connectivity index (χ0v) is 23.0. The molecule has 2 aromatic rings. The summed E-state index contributed by atoms with van der Waals surface area (Å²) in [5.41, 5.74) is -0.862. The predicted octanol–water partition coefficient (Wildman–Crippen LogP) is 4.62. The Labute approximate surface area is 230 Å². The minimum Gasteiger partial charge on any atom is -0.387 e. The van der Waals surface area contributed by atoms with Crippen molar-refractivity contribution in [3.8, 4) is 0 Å². The fourth-order valence-electron chi connectivity index (χ4n) is 6.53. The van der Waals surface area contributed by atoms with Gasteiger partial charge in [-0.25, -0.2) is 18.7 Å². The number of carbonyl (C=O) groups excluding carboxylic acids is 1. The summed E-state index contributed by atoms with van der Waals surface area (Å²) in [6.07, 6.45) is -2.53. The number of aliphatic hydroxyl groups excluding tert-OH is 1. The first kappa shape index (κ1) is 28.7. The van der Waals surface area contributed by atoms with Gasteiger partial charge in [0.1, 0.15) is 12.1 Å². The summed E-state index contributed by atoms with van der Waals surface area (Å²) in [5.74, 6) is -4.44. The van der Waals surface area contributed by atoms with E-state index in [1.165, 1.54) is 6.33 Å². The number of likely N-dealkylation sites (tertiary alicyclic amines) is 1. The monoisotopic (exact) mass is 567 g/mol. The van der Waals surface area contributed by atoms with Gasteiger partial charge in [0, 0.05) is 48.9 Å². The van der Waals surface area contributed by atoms with Gasteiger partial charge in [-0.05, 0) is 52.1 Å². The molecule has 1 aromatic carbocycles. The number of likely N-dealkylation sites (N-methyl/N-ethyl adjacent to an activating group) is 1. The van der Waals surface area contributed by atoms with E-state index in [0.29, 0.717) is 49.9 Å². The van der Waals surface area contributed by atoms with Crippen molar-refractivity contribution in [2.45, 2.75) is 75.7 Å².